The lowest BCUT2D eigenvalue weighted by atomic mass is 10.4. The van der Waals surface area contributed by atoms with Crippen LogP contribution in [-0.2, 0) is 0 Å². The Morgan fingerprint density at radius 1 is 0.647 bits per heavy atom. The summed E-state index contributed by atoms with van der Waals surface area (Å²) in [6.07, 6.45) is 15.1. The van der Waals surface area contributed by atoms with Gasteiger partial charge in [0.15, 0.2) is 0 Å². The molecule has 1 N–H and O–H groups in total. The van der Waals surface area contributed by atoms with Crippen molar-refractivity contribution in [1.29, 1.82) is 0 Å². The molecule has 0 heterocycles. The highest BCUT2D eigenvalue weighted by Crippen LogP contribution is 2.61. The molecule has 0 aromatic rings. The molecule has 0 spiro atoms. The van der Waals surface area contributed by atoms with E-state index in [4.69, 9.17) is 5.11 Å². The van der Waals surface area contributed by atoms with Crippen molar-refractivity contribution in [2.24, 2.45) is 0 Å². The van der Waals surface area contributed by atoms with Crippen molar-refractivity contribution >= 4 is 7.26 Å². The van der Waals surface area contributed by atoms with Crippen LogP contribution in [0, 0.1) is 0 Å². The highest BCUT2D eigenvalue weighted by atomic mass is 31.2. The molecule has 104 valence electrons. The molecule has 0 fully saturated rings. The SMILES string of the molecule is CCCC[P+](CCCC)(CCCC)CCCO. The normalized spacial score (nSPS) is 12.0. The molecule has 0 aliphatic carbocycles. The Kier molecular flexibility index (Phi) is 11.7. The maximum absolute atomic E-state index is 9.12. The third-order valence-corrected chi connectivity index (χ3v) is 8.81. The molecule has 2 heteroatoms. The second kappa shape index (κ2) is 11.5. The molecule has 0 amide bonds. The van der Waals surface area contributed by atoms with Crippen LogP contribution in [0.5, 0.6) is 0 Å². The number of hydrogen-bond acceptors (Lipinski definition) is 1. The average molecular weight is 261 g/mol. The smallest absolute Gasteiger partial charge is 0.0616 e. The van der Waals surface area contributed by atoms with Gasteiger partial charge >= 0.3 is 0 Å². The van der Waals surface area contributed by atoms with Crippen LogP contribution < -0.4 is 0 Å². The molecule has 0 radical (unpaired) electrons. The Hall–Kier alpha value is 0.390. The fourth-order valence-electron chi connectivity index (χ4n) is 2.56. The first kappa shape index (κ1) is 17.4. The van der Waals surface area contributed by atoms with Crippen LogP contribution in [0.15, 0.2) is 0 Å². The van der Waals surface area contributed by atoms with Crippen LogP contribution in [-0.4, -0.2) is 36.4 Å². The van der Waals surface area contributed by atoms with Crippen LogP contribution in [0.25, 0.3) is 0 Å². The van der Waals surface area contributed by atoms with E-state index in [2.05, 4.69) is 20.8 Å². The minimum absolute atomic E-state index is 0.395. The Balaban J connectivity index is 4.39. The summed E-state index contributed by atoms with van der Waals surface area (Å²) in [5, 5.41) is 9.12. The molecule has 0 aliphatic rings. The lowest BCUT2D eigenvalue weighted by Crippen LogP contribution is -2.13. The second-order valence-electron chi connectivity index (χ2n) is 5.37. The molecular weight excluding hydrogens is 227 g/mol. The van der Waals surface area contributed by atoms with Gasteiger partial charge in [-0.3, -0.25) is 0 Å². The van der Waals surface area contributed by atoms with Crippen LogP contribution in [0.3, 0.4) is 0 Å². The molecular formula is C15H34OP+. The predicted molar refractivity (Wildman–Crippen MR) is 82.8 cm³/mol. The van der Waals surface area contributed by atoms with Gasteiger partial charge in [0.05, 0.1) is 24.6 Å². The lowest BCUT2D eigenvalue weighted by molar-refractivity contribution is 0.295. The van der Waals surface area contributed by atoms with E-state index >= 15 is 0 Å². The minimum Gasteiger partial charge on any atom is -0.396 e. The summed E-state index contributed by atoms with van der Waals surface area (Å²) in [6.45, 7) is 7.31. The molecule has 0 aliphatic heterocycles. The van der Waals surface area contributed by atoms with E-state index in [0.29, 0.717) is 6.61 Å². The van der Waals surface area contributed by atoms with E-state index in [1.165, 1.54) is 63.2 Å². The Morgan fingerprint density at radius 3 is 1.29 bits per heavy atom. The summed E-state index contributed by atoms with van der Waals surface area (Å²) in [6, 6.07) is 0. The molecule has 0 aromatic carbocycles. The van der Waals surface area contributed by atoms with Crippen molar-refractivity contribution in [3.05, 3.63) is 0 Å². The van der Waals surface area contributed by atoms with E-state index < -0.39 is 7.26 Å². The van der Waals surface area contributed by atoms with E-state index in [9.17, 15) is 0 Å². The Bertz CT molecular complexity index is 121. The van der Waals surface area contributed by atoms with Crippen LogP contribution in [0.1, 0.15) is 65.7 Å². The summed E-state index contributed by atoms with van der Waals surface area (Å²) < 4.78 is 0. The highest BCUT2D eigenvalue weighted by molar-refractivity contribution is 7.75. The number of aliphatic hydroxyl groups is 1. The van der Waals surface area contributed by atoms with E-state index in [1.54, 1.807) is 0 Å². The van der Waals surface area contributed by atoms with Crippen LogP contribution >= 0.6 is 7.26 Å². The first-order valence-corrected chi connectivity index (χ1v) is 10.2. The largest absolute Gasteiger partial charge is 0.396 e. The first-order chi connectivity index (χ1) is 8.24. The highest BCUT2D eigenvalue weighted by Gasteiger charge is 2.34. The summed E-state index contributed by atoms with van der Waals surface area (Å²) in [5.41, 5.74) is 0. The van der Waals surface area contributed by atoms with Crippen LogP contribution in [0.2, 0.25) is 0 Å². The zero-order valence-electron chi connectivity index (χ0n) is 12.4. The molecule has 0 rings (SSSR count). The molecule has 1 nitrogen and oxygen atoms in total. The number of hydrogen-bond donors (Lipinski definition) is 1. The third kappa shape index (κ3) is 8.16. The summed E-state index contributed by atoms with van der Waals surface area (Å²) >= 11 is 0. The lowest BCUT2D eigenvalue weighted by Gasteiger charge is -2.27. The van der Waals surface area contributed by atoms with Gasteiger partial charge in [0.2, 0.25) is 0 Å². The number of unbranched alkanes of at least 4 members (excludes halogenated alkanes) is 3. The van der Waals surface area contributed by atoms with Crippen molar-refractivity contribution in [1.82, 2.24) is 0 Å². The van der Waals surface area contributed by atoms with Crippen molar-refractivity contribution in [2.75, 3.05) is 31.3 Å². The minimum atomic E-state index is -0.722. The van der Waals surface area contributed by atoms with Crippen molar-refractivity contribution in [3.63, 3.8) is 0 Å². The first-order valence-electron chi connectivity index (χ1n) is 7.70. The maximum atomic E-state index is 9.12. The Labute approximate surface area is 110 Å². The predicted octanol–water partition coefficient (Wildman–Crippen LogP) is 4.79. The van der Waals surface area contributed by atoms with Gasteiger partial charge in [-0.15, -0.1) is 0 Å². The number of aliphatic hydroxyl groups excluding tert-OH is 1. The second-order valence-corrected chi connectivity index (χ2v) is 9.85. The van der Waals surface area contributed by atoms with Gasteiger partial charge in [-0.2, -0.15) is 0 Å². The van der Waals surface area contributed by atoms with Crippen molar-refractivity contribution in [2.45, 2.75) is 65.7 Å². The topological polar surface area (TPSA) is 20.2 Å². The monoisotopic (exact) mass is 261 g/mol. The molecule has 0 bridgehead atoms. The zero-order valence-corrected chi connectivity index (χ0v) is 13.3. The van der Waals surface area contributed by atoms with Crippen molar-refractivity contribution in [3.8, 4) is 0 Å². The third-order valence-electron chi connectivity index (χ3n) is 3.75. The molecule has 0 saturated heterocycles. The van der Waals surface area contributed by atoms with Gasteiger partial charge in [0.25, 0.3) is 0 Å². The molecule has 17 heavy (non-hydrogen) atoms. The zero-order chi connectivity index (χ0) is 13.0. The van der Waals surface area contributed by atoms with E-state index in [1.807, 2.05) is 0 Å². The summed E-state index contributed by atoms with van der Waals surface area (Å²) in [7, 11) is -0.722. The molecule has 0 saturated carbocycles. The quantitative estimate of drug-likeness (QED) is 0.501. The van der Waals surface area contributed by atoms with E-state index in [-0.39, 0.29) is 0 Å². The van der Waals surface area contributed by atoms with E-state index in [0.717, 1.165) is 6.42 Å². The van der Waals surface area contributed by atoms with Gasteiger partial charge in [0, 0.05) is 20.3 Å². The van der Waals surface area contributed by atoms with Crippen LogP contribution in [0.4, 0.5) is 0 Å². The van der Waals surface area contributed by atoms with Gasteiger partial charge in [-0.05, 0) is 19.3 Å². The fourth-order valence-corrected chi connectivity index (χ4v) is 7.67. The van der Waals surface area contributed by atoms with Gasteiger partial charge in [-0.1, -0.05) is 40.0 Å². The van der Waals surface area contributed by atoms with Crippen molar-refractivity contribution < 1.29 is 5.11 Å². The molecule has 0 aromatic heterocycles. The van der Waals surface area contributed by atoms with Gasteiger partial charge < -0.3 is 5.11 Å². The molecule has 0 unspecified atom stereocenters. The maximum Gasteiger partial charge on any atom is 0.0616 e. The number of rotatable bonds is 12. The fraction of sp³-hybridized carbons (Fsp3) is 1.00. The van der Waals surface area contributed by atoms with Gasteiger partial charge in [-0.25, -0.2) is 0 Å². The molecule has 0 atom stereocenters. The summed E-state index contributed by atoms with van der Waals surface area (Å²) in [5.74, 6) is 0. The average Bonchev–Trinajstić information content (AvgIpc) is 2.37. The Morgan fingerprint density at radius 2 is 1.00 bits per heavy atom. The summed E-state index contributed by atoms with van der Waals surface area (Å²) in [4.78, 5) is 0. The standard InChI is InChI=1S/C15H34OP/c1-4-7-12-17(13-8-5-2,14-9-6-3)15-10-11-16/h16H,4-15H2,1-3H3/q+1. The van der Waals surface area contributed by atoms with Gasteiger partial charge in [0.1, 0.15) is 0 Å².